The molecule has 1 aliphatic carbocycles. The van der Waals surface area contributed by atoms with Crippen molar-refractivity contribution in [3.05, 3.63) is 30.1 Å². The van der Waals surface area contributed by atoms with Crippen LogP contribution in [0.5, 0.6) is 0 Å². The zero-order valence-corrected chi connectivity index (χ0v) is 10.4. The molecule has 0 radical (unpaired) electrons. The van der Waals surface area contributed by atoms with Crippen molar-refractivity contribution in [3.8, 4) is 0 Å². The maximum Gasteiger partial charge on any atom is 0.0271 e. The van der Waals surface area contributed by atoms with Gasteiger partial charge in [0.1, 0.15) is 0 Å². The lowest BCUT2D eigenvalue weighted by molar-refractivity contribution is 0.167. The number of pyridine rings is 1. The first-order chi connectivity index (χ1) is 7.68. The Balaban J connectivity index is 1.90. The Kier molecular flexibility index (Phi) is 3.59. The molecule has 1 heterocycles. The third-order valence-electron chi connectivity index (χ3n) is 3.81. The molecule has 2 nitrogen and oxygen atoms in total. The van der Waals surface area contributed by atoms with Crippen molar-refractivity contribution in [2.45, 2.75) is 52.1 Å². The topological polar surface area (TPSA) is 24.9 Å². The molecule has 2 rings (SSSR count). The predicted octanol–water partition coefficient (Wildman–Crippen LogP) is 3.14. The molecule has 1 aliphatic rings. The first-order valence-corrected chi connectivity index (χ1v) is 6.31. The van der Waals surface area contributed by atoms with Crippen LogP contribution < -0.4 is 5.32 Å². The zero-order chi connectivity index (χ0) is 11.4. The van der Waals surface area contributed by atoms with E-state index in [1.165, 1.54) is 31.2 Å². The van der Waals surface area contributed by atoms with Gasteiger partial charge in [-0.05, 0) is 36.0 Å². The Labute approximate surface area is 98.5 Å². The maximum atomic E-state index is 4.04. The van der Waals surface area contributed by atoms with Crippen LogP contribution >= 0.6 is 0 Å². The molecule has 0 bridgehead atoms. The van der Waals surface area contributed by atoms with Crippen molar-refractivity contribution >= 4 is 0 Å². The largest absolute Gasteiger partial charge is 0.309 e. The average molecular weight is 218 g/mol. The minimum atomic E-state index is 0.450. The van der Waals surface area contributed by atoms with E-state index in [0.29, 0.717) is 11.5 Å². The fourth-order valence-electron chi connectivity index (χ4n) is 2.61. The third-order valence-corrected chi connectivity index (χ3v) is 3.81. The fourth-order valence-corrected chi connectivity index (χ4v) is 2.61. The highest BCUT2D eigenvalue weighted by atomic mass is 14.9. The van der Waals surface area contributed by atoms with E-state index in [1.54, 1.807) is 0 Å². The molecule has 1 aromatic rings. The lowest BCUT2D eigenvalue weighted by atomic mass is 9.73. The van der Waals surface area contributed by atoms with Crippen LogP contribution in [0.3, 0.4) is 0 Å². The van der Waals surface area contributed by atoms with Gasteiger partial charge in [0.15, 0.2) is 0 Å². The standard InChI is InChI=1S/C14H22N2/c1-14(2)8-4-3-5-13(14)16-11-12-6-9-15-10-7-12/h6-7,9-10,13,16H,3-5,8,11H2,1-2H3. The van der Waals surface area contributed by atoms with Crippen molar-refractivity contribution in [1.29, 1.82) is 0 Å². The minimum absolute atomic E-state index is 0.450. The van der Waals surface area contributed by atoms with E-state index < -0.39 is 0 Å². The van der Waals surface area contributed by atoms with Gasteiger partial charge in [-0.15, -0.1) is 0 Å². The van der Waals surface area contributed by atoms with Crippen molar-refractivity contribution < 1.29 is 0 Å². The van der Waals surface area contributed by atoms with Crippen molar-refractivity contribution in [2.75, 3.05) is 0 Å². The molecule has 2 heteroatoms. The number of rotatable bonds is 3. The van der Waals surface area contributed by atoms with Crippen LogP contribution in [0.25, 0.3) is 0 Å². The summed E-state index contributed by atoms with van der Waals surface area (Å²) in [6, 6.07) is 4.83. The first-order valence-electron chi connectivity index (χ1n) is 6.31. The molecule has 0 amide bonds. The van der Waals surface area contributed by atoms with Crippen molar-refractivity contribution in [2.24, 2.45) is 5.41 Å². The predicted molar refractivity (Wildman–Crippen MR) is 67.1 cm³/mol. The Morgan fingerprint density at radius 1 is 1.31 bits per heavy atom. The van der Waals surface area contributed by atoms with Gasteiger partial charge < -0.3 is 5.32 Å². The number of aromatic nitrogens is 1. The Morgan fingerprint density at radius 3 is 2.75 bits per heavy atom. The van der Waals surface area contributed by atoms with Crippen LogP contribution in [0.2, 0.25) is 0 Å². The van der Waals surface area contributed by atoms with E-state index in [4.69, 9.17) is 0 Å². The van der Waals surface area contributed by atoms with Crippen molar-refractivity contribution in [3.63, 3.8) is 0 Å². The normalized spacial score (nSPS) is 24.2. The van der Waals surface area contributed by atoms with Gasteiger partial charge in [0.25, 0.3) is 0 Å². The second kappa shape index (κ2) is 4.96. The Morgan fingerprint density at radius 2 is 2.06 bits per heavy atom. The van der Waals surface area contributed by atoms with Gasteiger partial charge in [-0.3, -0.25) is 4.98 Å². The summed E-state index contributed by atoms with van der Waals surface area (Å²) in [4.78, 5) is 4.04. The van der Waals surface area contributed by atoms with Gasteiger partial charge in [0, 0.05) is 25.0 Å². The van der Waals surface area contributed by atoms with Crippen LogP contribution in [0.1, 0.15) is 45.1 Å². The SMILES string of the molecule is CC1(C)CCCCC1NCc1ccncc1. The highest BCUT2D eigenvalue weighted by molar-refractivity contribution is 5.09. The number of nitrogens with one attached hydrogen (secondary N) is 1. The highest BCUT2D eigenvalue weighted by Crippen LogP contribution is 2.35. The summed E-state index contributed by atoms with van der Waals surface area (Å²) in [6.45, 7) is 5.74. The van der Waals surface area contributed by atoms with E-state index in [9.17, 15) is 0 Å². The fraction of sp³-hybridized carbons (Fsp3) is 0.643. The lowest BCUT2D eigenvalue weighted by Gasteiger charge is -2.39. The summed E-state index contributed by atoms with van der Waals surface area (Å²) in [5.74, 6) is 0. The van der Waals surface area contributed by atoms with Gasteiger partial charge in [0.05, 0.1) is 0 Å². The summed E-state index contributed by atoms with van der Waals surface area (Å²) in [7, 11) is 0. The molecular formula is C14H22N2. The van der Waals surface area contributed by atoms with Crippen LogP contribution in [0.4, 0.5) is 0 Å². The molecule has 1 unspecified atom stereocenters. The molecule has 0 spiro atoms. The smallest absolute Gasteiger partial charge is 0.0271 e. The maximum absolute atomic E-state index is 4.04. The summed E-state index contributed by atoms with van der Waals surface area (Å²) < 4.78 is 0. The van der Waals surface area contributed by atoms with Crippen LogP contribution in [-0.2, 0) is 6.54 Å². The third kappa shape index (κ3) is 2.82. The van der Waals surface area contributed by atoms with E-state index in [-0.39, 0.29) is 0 Å². The Hall–Kier alpha value is -0.890. The van der Waals surface area contributed by atoms with Gasteiger partial charge in [0.2, 0.25) is 0 Å². The molecule has 0 aromatic carbocycles. The van der Waals surface area contributed by atoms with Crippen LogP contribution in [0, 0.1) is 5.41 Å². The summed E-state index contributed by atoms with van der Waals surface area (Å²) in [5, 5.41) is 3.70. The van der Waals surface area contributed by atoms with Gasteiger partial charge in [-0.25, -0.2) is 0 Å². The average Bonchev–Trinajstić information content (AvgIpc) is 2.28. The number of nitrogens with zero attached hydrogens (tertiary/aromatic N) is 1. The monoisotopic (exact) mass is 218 g/mol. The molecule has 0 aliphatic heterocycles. The quantitative estimate of drug-likeness (QED) is 0.843. The molecule has 1 N–H and O–H groups in total. The molecule has 1 aromatic heterocycles. The first kappa shape index (κ1) is 11.6. The molecule has 16 heavy (non-hydrogen) atoms. The molecule has 88 valence electrons. The minimum Gasteiger partial charge on any atom is -0.309 e. The summed E-state index contributed by atoms with van der Waals surface area (Å²) >= 11 is 0. The lowest BCUT2D eigenvalue weighted by Crippen LogP contribution is -2.43. The van der Waals surface area contributed by atoms with Gasteiger partial charge in [-0.2, -0.15) is 0 Å². The van der Waals surface area contributed by atoms with Crippen LogP contribution in [0.15, 0.2) is 24.5 Å². The zero-order valence-electron chi connectivity index (χ0n) is 10.4. The number of hydrogen-bond donors (Lipinski definition) is 1. The molecule has 1 atom stereocenters. The Bertz CT molecular complexity index is 319. The van der Waals surface area contributed by atoms with E-state index in [0.717, 1.165) is 6.54 Å². The second-order valence-corrected chi connectivity index (χ2v) is 5.52. The second-order valence-electron chi connectivity index (χ2n) is 5.52. The van der Waals surface area contributed by atoms with E-state index >= 15 is 0 Å². The van der Waals surface area contributed by atoms with Crippen molar-refractivity contribution in [1.82, 2.24) is 10.3 Å². The van der Waals surface area contributed by atoms with Gasteiger partial charge in [-0.1, -0.05) is 26.7 Å². The van der Waals surface area contributed by atoms with Crippen LogP contribution in [-0.4, -0.2) is 11.0 Å². The molecular weight excluding hydrogens is 196 g/mol. The molecule has 1 saturated carbocycles. The summed E-state index contributed by atoms with van der Waals surface area (Å²) in [5.41, 5.74) is 1.78. The van der Waals surface area contributed by atoms with Gasteiger partial charge >= 0.3 is 0 Å². The molecule has 1 fully saturated rings. The number of hydrogen-bond acceptors (Lipinski definition) is 2. The summed E-state index contributed by atoms with van der Waals surface area (Å²) in [6.07, 6.45) is 9.16. The molecule has 0 saturated heterocycles. The highest BCUT2D eigenvalue weighted by Gasteiger charge is 2.31. The van der Waals surface area contributed by atoms with E-state index in [2.05, 4.69) is 36.3 Å². The van der Waals surface area contributed by atoms with E-state index in [1.807, 2.05) is 12.4 Å².